The summed E-state index contributed by atoms with van der Waals surface area (Å²) in [5.41, 5.74) is 3.41. The zero-order valence-corrected chi connectivity index (χ0v) is 6.57. The molecule has 0 amide bonds. The molecule has 0 aliphatic carbocycles. The fraction of sp³-hybridized carbons (Fsp3) is 0.375. The summed E-state index contributed by atoms with van der Waals surface area (Å²) in [6.45, 7) is 4.07. The van der Waals surface area contributed by atoms with E-state index in [0.717, 1.165) is 11.3 Å². The second-order valence-corrected chi connectivity index (χ2v) is 2.75. The first-order valence-electron chi connectivity index (χ1n) is 3.64. The van der Waals surface area contributed by atoms with Gasteiger partial charge in [-0.3, -0.25) is 4.99 Å². The minimum atomic E-state index is 0.264. The quantitative estimate of drug-likeness (QED) is 0.555. The second kappa shape index (κ2) is 2.12. The van der Waals surface area contributed by atoms with E-state index in [1.165, 1.54) is 5.56 Å². The maximum atomic E-state index is 4.39. The number of hydrogen-bond donors (Lipinski definition) is 0. The number of aromatic nitrogens is 2. The van der Waals surface area contributed by atoms with Crippen molar-refractivity contribution in [2.24, 2.45) is 4.99 Å². The van der Waals surface area contributed by atoms with E-state index in [0.29, 0.717) is 0 Å². The van der Waals surface area contributed by atoms with E-state index >= 15 is 0 Å². The van der Waals surface area contributed by atoms with Gasteiger partial charge in [-0.2, -0.15) is 10.2 Å². The lowest BCUT2D eigenvalue weighted by Gasteiger charge is -1.98. The molecule has 0 aromatic carbocycles. The first-order chi connectivity index (χ1) is 5.29. The molecule has 3 nitrogen and oxygen atoms in total. The Hall–Kier alpha value is -1.25. The summed E-state index contributed by atoms with van der Waals surface area (Å²) < 4.78 is 0. The molecule has 56 valence electrons. The van der Waals surface area contributed by atoms with E-state index in [2.05, 4.69) is 22.1 Å². The average Bonchev–Trinajstić information content (AvgIpc) is 2.30. The highest BCUT2D eigenvalue weighted by Gasteiger charge is 2.18. The molecule has 1 aliphatic rings. The summed E-state index contributed by atoms with van der Waals surface area (Å²) in [5, 5.41) is 7.63. The van der Waals surface area contributed by atoms with Gasteiger partial charge in [0.15, 0.2) is 0 Å². The molecule has 0 saturated carbocycles. The Morgan fingerprint density at radius 3 is 2.73 bits per heavy atom. The Bertz CT molecular complexity index is 317. The van der Waals surface area contributed by atoms with Crippen LogP contribution in [0.15, 0.2) is 17.4 Å². The van der Waals surface area contributed by atoms with Gasteiger partial charge in [0, 0.05) is 16.8 Å². The van der Waals surface area contributed by atoms with E-state index in [1.807, 2.05) is 6.92 Å². The molecule has 0 fully saturated rings. The predicted octanol–water partition coefficient (Wildman–Crippen LogP) is 1.36. The molecule has 1 aliphatic heterocycles. The molecule has 11 heavy (non-hydrogen) atoms. The van der Waals surface area contributed by atoms with Gasteiger partial charge in [0.1, 0.15) is 0 Å². The number of aliphatic imine (C=N–C) groups is 1. The zero-order chi connectivity index (χ0) is 7.84. The van der Waals surface area contributed by atoms with Crippen LogP contribution < -0.4 is 0 Å². The van der Waals surface area contributed by atoms with Crippen molar-refractivity contribution in [1.29, 1.82) is 0 Å². The average molecular weight is 147 g/mol. The molecular weight excluding hydrogens is 138 g/mol. The van der Waals surface area contributed by atoms with Crippen LogP contribution in [0.4, 0.5) is 0 Å². The molecule has 0 bridgehead atoms. The van der Waals surface area contributed by atoms with Crippen LogP contribution in [0.1, 0.15) is 31.0 Å². The number of nitrogens with zero attached hydrogens (tertiary/aromatic N) is 3. The first kappa shape index (κ1) is 6.46. The van der Waals surface area contributed by atoms with Crippen molar-refractivity contribution in [3.05, 3.63) is 23.5 Å². The molecule has 1 aromatic heterocycles. The number of fused-ring (bicyclic) bond motifs is 1. The second-order valence-electron chi connectivity index (χ2n) is 2.75. The molecule has 0 spiro atoms. The summed E-state index contributed by atoms with van der Waals surface area (Å²) in [6, 6.07) is 0.264. The van der Waals surface area contributed by atoms with Gasteiger partial charge in [-0.25, -0.2) is 0 Å². The molecule has 2 heterocycles. The van der Waals surface area contributed by atoms with Gasteiger partial charge in [0.05, 0.1) is 18.4 Å². The van der Waals surface area contributed by atoms with Gasteiger partial charge < -0.3 is 0 Å². The highest BCUT2D eigenvalue weighted by molar-refractivity contribution is 6.02. The molecular formula is C8H9N3. The van der Waals surface area contributed by atoms with Crippen molar-refractivity contribution in [2.45, 2.75) is 19.9 Å². The summed E-state index contributed by atoms with van der Waals surface area (Å²) in [6.07, 6.45) is 3.57. The van der Waals surface area contributed by atoms with Crippen LogP contribution in [0.5, 0.6) is 0 Å². The Balaban J connectivity index is 2.62. The lowest BCUT2D eigenvalue weighted by Crippen LogP contribution is -1.94. The standard InChI is InChI=1S/C8H9N3/c1-5-7-3-9-10-4-8(7)6(2)11-5/h3-5H,1-2H3. The van der Waals surface area contributed by atoms with Crippen molar-refractivity contribution in [3.8, 4) is 0 Å². The number of rotatable bonds is 0. The third-order valence-corrected chi connectivity index (χ3v) is 1.99. The van der Waals surface area contributed by atoms with Crippen molar-refractivity contribution in [3.63, 3.8) is 0 Å². The Labute approximate surface area is 65.2 Å². The van der Waals surface area contributed by atoms with Crippen LogP contribution in [0.25, 0.3) is 0 Å². The van der Waals surface area contributed by atoms with Crippen LogP contribution in [0, 0.1) is 0 Å². The van der Waals surface area contributed by atoms with Crippen LogP contribution >= 0.6 is 0 Å². The fourth-order valence-electron chi connectivity index (χ4n) is 1.40. The highest BCUT2D eigenvalue weighted by Crippen LogP contribution is 2.26. The van der Waals surface area contributed by atoms with Gasteiger partial charge in [-0.15, -0.1) is 0 Å². The van der Waals surface area contributed by atoms with Crippen LogP contribution in [0.2, 0.25) is 0 Å². The van der Waals surface area contributed by atoms with Gasteiger partial charge in [0.2, 0.25) is 0 Å². The highest BCUT2D eigenvalue weighted by atomic mass is 15.1. The van der Waals surface area contributed by atoms with Crippen LogP contribution in [-0.4, -0.2) is 15.9 Å². The fourth-order valence-corrected chi connectivity index (χ4v) is 1.40. The molecule has 0 radical (unpaired) electrons. The van der Waals surface area contributed by atoms with Crippen LogP contribution in [0.3, 0.4) is 0 Å². The molecule has 1 aromatic rings. The molecule has 1 unspecified atom stereocenters. The van der Waals surface area contributed by atoms with Crippen molar-refractivity contribution >= 4 is 5.71 Å². The first-order valence-corrected chi connectivity index (χ1v) is 3.64. The maximum absolute atomic E-state index is 4.39. The summed E-state index contributed by atoms with van der Waals surface area (Å²) in [5.74, 6) is 0. The van der Waals surface area contributed by atoms with Gasteiger partial charge >= 0.3 is 0 Å². The SMILES string of the molecule is CC1=NC(C)c2cnncc21. The number of hydrogen-bond acceptors (Lipinski definition) is 3. The monoisotopic (exact) mass is 147 g/mol. The van der Waals surface area contributed by atoms with E-state index in [4.69, 9.17) is 0 Å². The summed E-state index contributed by atoms with van der Waals surface area (Å²) in [4.78, 5) is 4.39. The van der Waals surface area contributed by atoms with Crippen LogP contribution in [-0.2, 0) is 0 Å². The molecule has 3 heteroatoms. The third kappa shape index (κ3) is 0.843. The smallest absolute Gasteiger partial charge is 0.0746 e. The van der Waals surface area contributed by atoms with Crippen molar-refractivity contribution < 1.29 is 0 Å². The van der Waals surface area contributed by atoms with Gasteiger partial charge in [0.25, 0.3) is 0 Å². The molecule has 2 rings (SSSR count). The normalized spacial score (nSPS) is 21.3. The largest absolute Gasteiger partial charge is 0.281 e. The van der Waals surface area contributed by atoms with Crippen molar-refractivity contribution in [2.75, 3.05) is 0 Å². The summed E-state index contributed by atoms with van der Waals surface area (Å²) in [7, 11) is 0. The topological polar surface area (TPSA) is 38.1 Å². The lowest BCUT2D eigenvalue weighted by atomic mass is 10.1. The Kier molecular flexibility index (Phi) is 1.24. The molecule has 1 atom stereocenters. The maximum Gasteiger partial charge on any atom is 0.0746 e. The third-order valence-electron chi connectivity index (χ3n) is 1.99. The van der Waals surface area contributed by atoms with E-state index in [9.17, 15) is 0 Å². The molecule has 0 N–H and O–H groups in total. The van der Waals surface area contributed by atoms with Gasteiger partial charge in [-0.1, -0.05) is 0 Å². The lowest BCUT2D eigenvalue weighted by molar-refractivity contribution is 0.824. The minimum absolute atomic E-state index is 0.264. The Morgan fingerprint density at radius 2 is 2.00 bits per heavy atom. The van der Waals surface area contributed by atoms with E-state index < -0.39 is 0 Å². The van der Waals surface area contributed by atoms with E-state index in [-0.39, 0.29) is 6.04 Å². The predicted molar refractivity (Wildman–Crippen MR) is 42.7 cm³/mol. The zero-order valence-electron chi connectivity index (χ0n) is 6.57. The summed E-state index contributed by atoms with van der Waals surface area (Å²) >= 11 is 0. The van der Waals surface area contributed by atoms with Crippen molar-refractivity contribution in [1.82, 2.24) is 10.2 Å². The van der Waals surface area contributed by atoms with E-state index in [1.54, 1.807) is 12.4 Å². The van der Waals surface area contributed by atoms with Gasteiger partial charge in [-0.05, 0) is 13.8 Å². The molecule has 0 saturated heterocycles. The Morgan fingerprint density at radius 1 is 1.27 bits per heavy atom. The minimum Gasteiger partial charge on any atom is -0.281 e.